The van der Waals surface area contributed by atoms with Gasteiger partial charge in [0.05, 0.1) is 0 Å². The summed E-state index contributed by atoms with van der Waals surface area (Å²) in [7, 11) is 0. The van der Waals surface area contributed by atoms with Crippen molar-refractivity contribution in [1.82, 2.24) is 10.2 Å². The lowest BCUT2D eigenvalue weighted by Gasteiger charge is -2.31. The molecule has 34 heavy (non-hydrogen) atoms. The average Bonchev–Trinajstić information content (AvgIpc) is 2.84. The van der Waals surface area contributed by atoms with Crippen LogP contribution in [0.25, 0.3) is 0 Å². The molecule has 0 heterocycles. The molecule has 5 heteroatoms. The molecule has 0 aliphatic heterocycles. The van der Waals surface area contributed by atoms with E-state index in [9.17, 15) is 9.59 Å². The van der Waals surface area contributed by atoms with Crippen LogP contribution >= 0.6 is 0 Å². The molecular weight excluding hydrogens is 424 g/mol. The van der Waals surface area contributed by atoms with E-state index in [1.807, 2.05) is 94.4 Å². The summed E-state index contributed by atoms with van der Waals surface area (Å²) < 4.78 is 6.00. The first-order valence-corrected chi connectivity index (χ1v) is 11.7. The van der Waals surface area contributed by atoms with Crippen LogP contribution in [0.2, 0.25) is 0 Å². The SMILES string of the molecule is CCNC(=O)[C@H](Cc1ccccc1)N(Cc1ccccc1)C(=O)COc1cc(C)cc(C)c1C. The zero-order valence-corrected chi connectivity index (χ0v) is 20.5. The minimum Gasteiger partial charge on any atom is -0.483 e. The quantitative estimate of drug-likeness (QED) is 0.476. The van der Waals surface area contributed by atoms with Crippen LogP contribution in [0.3, 0.4) is 0 Å². The van der Waals surface area contributed by atoms with Gasteiger partial charge in [0.25, 0.3) is 5.91 Å². The number of nitrogens with zero attached hydrogens (tertiary/aromatic N) is 1. The smallest absolute Gasteiger partial charge is 0.261 e. The summed E-state index contributed by atoms with van der Waals surface area (Å²) in [5, 5.41) is 2.91. The van der Waals surface area contributed by atoms with Crippen molar-refractivity contribution in [3.63, 3.8) is 0 Å². The first-order valence-electron chi connectivity index (χ1n) is 11.7. The molecular formula is C29H34N2O3. The Bertz CT molecular complexity index is 1100. The standard InChI is InChI=1S/C29H34N2O3/c1-5-30-29(33)26(18-24-12-8-6-9-13-24)31(19-25-14-10-7-11-15-25)28(32)20-34-27-17-21(2)16-22(3)23(27)4/h6-17,26H,5,18-20H2,1-4H3,(H,30,33)/t26-/m0/s1. The summed E-state index contributed by atoms with van der Waals surface area (Å²) in [6.07, 6.45) is 0.424. The first-order chi connectivity index (χ1) is 16.4. The first kappa shape index (κ1) is 25.0. The van der Waals surface area contributed by atoms with E-state index >= 15 is 0 Å². The van der Waals surface area contributed by atoms with Crippen LogP contribution in [-0.4, -0.2) is 35.9 Å². The summed E-state index contributed by atoms with van der Waals surface area (Å²) >= 11 is 0. The zero-order chi connectivity index (χ0) is 24.5. The van der Waals surface area contributed by atoms with Gasteiger partial charge in [-0.25, -0.2) is 0 Å². The van der Waals surface area contributed by atoms with Gasteiger partial charge in [-0.05, 0) is 61.6 Å². The highest BCUT2D eigenvalue weighted by molar-refractivity contribution is 5.88. The maximum Gasteiger partial charge on any atom is 0.261 e. The van der Waals surface area contributed by atoms with E-state index in [0.29, 0.717) is 25.3 Å². The van der Waals surface area contributed by atoms with Gasteiger partial charge in [0.2, 0.25) is 5.91 Å². The van der Waals surface area contributed by atoms with Crippen molar-refractivity contribution in [2.75, 3.05) is 13.2 Å². The number of hydrogen-bond donors (Lipinski definition) is 1. The van der Waals surface area contributed by atoms with Crippen LogP contribution in [0.5, 0.6) is 5.75 Å². The minimum atomic E-state index is -0.654. The third-order valence-electron chi connectivity index (χ3n) is 5.93. The second kappa shape index (κ2) is 12.0. The highest BCUT2D eigenvalue weighted by atomic mass is 16.5. The number of nitrogens with one attached hydrogen (secondary N) is 1. The van der Waals surface area contributed by atoms with Gasteiger partial charge in [-0.2, -0.15) is 0 Å². The molecule has 0 aliphatic carbocycles. The lowest BCUT2D eigenvalue weighted by atomic mass is 10.0. The molecule has 0 bridgehead atoms. The Morgan fingerprint density at radius 2 is 1.53 bits per heavy atom. The molecule has 2 amide bonds. The van der Waals surface area contributed by atoms with Crippen LogP contribution in [0.1, 0.15) is 34.7 Å². The normalized spacial score (nSPS) is 11.5. The molecule has 0 spiro atoms. The van der Waals surface area contributed by atoms with Gasteiger partial charge in [0, 0.05) is 19.5 Å². The number of ether oxygens (including phenoxy) is 1. The van der Waals surface area contributed by atoms with Crippen LogP contribution in [-0.2, 0) is 22.6 Å². The Morgan fingerprint density at radius 1 is 0.912 bits per heavy atom. The fourth-order valence-electron chi connectivity index (χ4n) is 4.00. The van der Waals surface area contributed by atoms with Crippen molar-refractivity contribution >= 4 is 11.8 Å². The Hall–Kier alpha value is -3.60. The van der Waals surface area contributed by atoms with Crippen LogP contribution < -0.4 is 10.1 Å². The lowest BCUT2D eigenvalue weighted by molar-refractivity contribution is -0.142. The Balaban J connectivity index is 1.89. The van der Waals surface area contributed by atoms with Crippen molar-refractivity contribution in [3.05, 3.63) is 101 Å². The maximum absolute atomic E-state index is 13.6. The molecule has 0 fully saturated rings. The van der Waals surface area contributed by atoms with E-state index in [1.165, 1.54) is 0 Å². The minimum absolute atomic E-state index is 0.138. The number of carbonyl (C=O) groups is 2. The molecule has 5 nitrogen and oxygen atoms in total. The highest BCUT2D eigenvalue weighted by Crippen LogP contribution is 2.24. The van der Waals surface area contributed by atoms with Gasteiger partial charge in [-0.15, -0.1) is 0 Å². The van der Waals surface area contributed by atoms with Crippen molar-refractivity contribution in [2.45, 2.75) is 46.7 Å². The largest absolute Gasteiger partial charge is 0.483 e. The lowest BCUT2D eigenvalue weighted by Crippen LogP contribution is -2.51. The molecule has 0 saturated carbocycles. The Labute approximate surface area is 202 Å². The highest BCUT2D eigenvalue weighted by Gasteiger charge is 2.30. The van der Waals surface area contributed by atoms with Gasteiger partial charge < -0.3 is 15.0 Å². The molecule has 1 N–H and O–H groups in total. The number of hydrogen-bond acceptors (Lipinski definition) is 3. The average molecular weight is 459 g/mol. The summed E-state index contributed by atoms with van der Waals surface area (Å²) in [5.74, 6) is 0.302. The number of aryl methyl sites for hydroxylation is 2. The van der Waals surface area contributed by atoms with E-state index in [1.54, 1.807) is 4.90 Å². The summed E-state index contributed by atoms with van der Waals surface area (Å²) in [4.78, 5) is 28.4. The number of carbonyl (C=O) groups excluding carboxylic acids is 2. The molecule has 178 valence electrons. The predicted molar refractivity (Wildman–Crippen MR) is 136 cm³/mol. The number of rotatable bonds is 10. The van der Waals surface area contributed by atoms with E-state index < -0.39 is 6.04 Å². The van der Waals surface area contributed by atoms with Gasteiger partial charge in [0.15, 0.2) is 6.61 Å². The molecule has 0 aliphatic rings. The number of benzene rings is 3. The monoisotopic (exact) mass is 458 g/mol. The maximum atomic E-state index is 13.6. The second-order valence-electron chi connectivity index (χ2n) is 8.60. The van der Waals surface area contributed by atoms with Gasteiger partial charge in [-0.1, -0.05) is 66.7 Å². The predicted octanol–water partition coefficient (Wildman–Crippen LogP) is 4.77. The molecule has 3 rings (SSSR count). The van der Waals surface area contributed by atoms with Crippen molar-refractivity contribution in [2.24, 2.45) is 0 Å². The fraction of sp³-hybridized carbons (Fsp3) is 0.310. The van der Waals surface area contributed by atoms with E-state index in [4.69, 9.17) is 4.74 Å². The molecule has 0 radical (unpaired) electrons. The third-order valence-corrected chi connectivity index (χ3v) is 5.93. The van der Waals surface area contributed by atoms with Gasteiger partial charge >= 0.3 is 0 Å². The van der Waals surface area contributed by atoms with E-state index in [0.717, 1.165) is 27.8 Å². The van der Waals surface area contributed by atoms with E-state index in [2.05, 4.69) is 11.4 Å². The molecule has 0 aromatic heterocycles. The summed E-state index contributed by atoms with van der Waals surface area (Å²) in [5.41, 5.74) is 5.16. The molecule has 0 unspecified atom stereocenters. The van der Waals surface area contributed by atoms with Crippen LogP contribution in [0.4, 0.5) is 0 Å². The zero-order valence-electron chi connectivity index (χ0n) is 20.5. The number of amides is 2. The summed E-state index contributed by atoms with van der Waals surface area (Å²) in [6.45, 7) is 8.59. The van der Waals surface area contributed by atoms with Crippen molar-refractivity contribution < 1.29 is 14.3 Å². The summed E-state index contributed by atoms with van der Waals surface area (Å²) in [6, 6.07) is 22.9. The van der Waals surface area contributed by atoms with Crippen molar-refractivity contribution in [3.8, 4) is 5.75 Å². The molecule has 3 aromatic carbocycles. The van der Waals surface area contributed by atoms with Gasteiger partial charge in [0.1, 0.15) is 11.8 Å². The Kier molecular flexibility index (Phi) is 8.86. The number of likely N-dealkylation sites (N-methyl/N-ethyl adjacent to an activating group) is 1. The van der Waals surface area contributed by atoms with Crippen molar-refractivity contribution in [1.29, 1.82) is 0 Å². The third kappa shape index (κ3) is 6.70. The Morgan fingerprint density at radius 3 is 2.15 bits per heavy atom. The van der Waals surface area contributed by atoms with Crippen LogP contribution in [0, 0.1) is 20.8 Å². The fourth-order valence-corrected chi connectivity index (χ4v) is 4.00. The van der Waals surface area contributed by atoms with Gasteiger partial charge in [-0.3, -0.25) is 9.59 Å². The van der Waals surface area contributed by atoms with Crippen LogP contribution in [0.15, 0.2) is 72.8 Å². The molecule has 3 aromatic rings. The molecule has 0 saturated heterocycles. The second-order valence-corrected chi connectivity index (χ2v) is 8.60. The topological polar surface area (TPSA) is 58.6 Å². The van der Waals surface area contributed by atoms with E-state index in [-0.39, 0.29) is 18.4 Å². The molecule has 1 atom stereocenters.